The quantitative estimate of drug-likeness (QED) is 0.743. The molecule has 21 heavy (non-hydrogen) atoms. The van der Waals surface area contributed by atoms with E-state index in [0.717, 1.165) is 19.3 Å². The number of carbonyl (C=O) groups excluding carboxylic acids is 1. The lowest BCUT2D eigenvalue weighted by atomic mass is 9.76. The summed E-state index contributed by atoms with van der Waals surface area (Å²) < 4.78 is 0. The van der Waals surface area contributed by atoms with Gasteiger partial charge in [-0.25, -0.2) is 0 Å². The van der Waals surface area contributed by atoms with Crippen molar-refractivity contribution in [1.82, 2.24) is 5.32 Å². The summed E-state index contributed by atoms with van der Waals surface area (Å²) in [4.78, 5) is 12.2. The Morgan fingerprint density at radius 3 is 1.90 bits per heavy atom. The summed E-state index contributed by atoms with van der Waals surface area (Å²) in [5.41, 5.74) is 5.97. The van der Waals surface area contributed by atoms with Crippen LogP contribution in [0.3, 0.4) is 0 Å². The molecule has 1 unspecified atom stereocenters. The third kappa shape index (κ3) is 9.89. The predicted molar refractivity (Wildman–Crippen MR) is 92.1 cm³/mol. The number of hydrogen-bond donors (Lipinski definition) is 2. The molecule has 3 heteroatoms. The fraction of sp³-hybridized carbons (Fsp3) is 0.944. The van der Waals surface area contributed by atoms with Crippen molar-refractivity contribution in [2.45, 2.75) is 86.6 Å². The summed E-state index contributed by atoms with van der Waals surface area (Å²) in [6.07, 6.45) is 3.47. The Hall–Kier alpha value is -0.570. The monoisotopic (exact) mass is 298 g/mol. The Labute approximate surface area is 132 Å². The van der Waals surface area contributed by atoms with Crippen LogP contribution >= 0.6 is 0 Å². The first-order valence-electron chi connectivity index (χ1n) is 8.28. The highest BCUT2D eigenvalue weighted by Crippen LogP contribution is 2.32. The average Bonchev–Trinajstić information content (AvgIpc) is 2.17. The molecule has 0 aromatic carbocycles. The fourth-order valence-corrected chi connectivity index (χ4v) is 3.33. The molecular formula is C18H38N2O. The molecule has 3 N–H and O–H groups in total. The summed E-state index contributed by atoms with van der Waals surface area (Å²) in [7, 11) is 0. The number of amides is 1. The van der Waals surface area contributed by atoms with Gasteiger partial charge < -0.3 is 11.1 Å². The lowest BCUT2D eigenvalue weighted by molar-refractivity contribution is -0.123. The van der Waals surface area contributed by atoms with Crippen molar-refractivity contribution in [3.63, 3.8) is 0 Å². The first kappa shape index (κ1) is 20.4. The minimum atomic E-state index is -0.152. The normalized spacial score (nSPS) is 14.9. The maximum atomic E-state index is 12.2. The van der Waals surface area contributed by atoms with Gasteiger partial charge in [-0.05, 0) is 56.4 Å². The third-order valence-electron chi connectivity index (χ3n) is 3.91. The minimum Gasteiger partial charge on any atom is -0.351 e. The van der Waals surface area contributed by atoms with E-state index in [9.17, 15) is 4.79 Å². The van der Waals surface area contributed by atoms with Gasteiger partial charge in [-0.1, -0.05) is 41.5 Å². The van der Waals surface area contributed by atoms with Gasteiger partial charge in [0.1, 0.15) is 0 Å². The van der Waals surface area contributed by atoms with Gasteiger partial charge in [0.2, 0.25) is 5.91 Å². The van der Waals surface area contributed by atoms with Crippen molar-refractivity contribution in [2.24, 2.45) is 22.5 Å². The van der Waals surface area contributed by atoms with Crippen molar-refractivity contribution in [2.75, 3.05) is 6.54 Å². The Kier molecular flexibility index (Phi) is 7.41. The van der Waals surface area contributed by atoms with Gasteiger partial charge in [0.15, 0.2) is 0 Å². The van der Waals surface area contributed by atoms with Crippen molar-refractivity contribution in [3.8, 4) is 0 Å². The molecular weight excluding hydrogens is 260 g/mol. The number of nitrogens with two attached hydrogens (primary N) is 1. The molecule has 0 fully saturated rings. The van der Waals surface area contributed by atoms with Gasteiger partial charge in [-0.15, -0.1) is 0 Å². The molecule has 1 amide bonds. The van der Waals surface area contributed by atoms with Gasteiger partial charge in [0.05, 0.1) is 0 Å². The second-order valence-corrected chi connectivity index (χ2v) is 9.35. The standard InChI is InChI=1S/C18H38N2O/c1-16(2,3)13-18(7,8)20-15(21)10-9-14(11-12-19)17(4,5)6/h14H,9-13,19H2,1-8H3,(H,20,21). The summed E-state index contributed by atoms with van der Waals surface area (Å²) in [6, 6.07) is 0. The molecule has 0 aromatic rings. The van der Waals surface area contributed by atoms with Crippen LogP contribution in [0.2, 0.25) is 0 Å². The van der Waals surface area contributed by atoms with Crippen LogP contribution in [-0.2, 0) is 4.79 Å². The number of rotatable bonds is 7. The van der Waals surface area contributed by atoms with Crippen LogP contribution in [0.1, 0.15) is 81.1 Å². The van der Waals surface area contributed by atoms with E-state index >= 15 is 0 Å². The Morgan fingerprint density at radius 1 is 1.00 bits per heavy atom. The van der Waals surface area contributed by atoms with E-state index in [1.807, 2.05) is 0 Å². The summed E-state index contributed by atoms with van der Waals surface area (Å²) in [5, 5.41) is 3.19. The van der Waals surface area contributed by atoms with E-state index in [2.05, 4.69) is 60.7 Å². The predicted octanol–water partition coefficient (Wildman–Crippen LogP) is 4.11. The smallest absolute Gasteiger partial charge is 0.220 e. The SMILES string of the molecule is CC(C)(C)CC(C)(C)NC(=O)CCC(CCN)C(C)(C)C. The van der Waals surface area contributed by atoms with Gasteiger partial charge in [0, 0.05) is 12.0 Å². The zero-order valence-electron chi connectivity index (χ0n) is 15.6. The van der Waals surface area contributed by atoms with E-state index in [1.165, 1.54) is 0 Å². The molecule has 1 atom stereocenters. The van der Waals surface area contributed by atoms with Gasteiger partial charge >= 0.3 is 0 Å². The first-order chi connectivity index (χ1) is 9.27. The highest BCUT2D eigenvalue weighted by atomic mass is 16.1. The zero-order valence-corrected chi connectivity index (χ0v) is 15.6. The lowest BCUT2D eigenvalue weighted by Crippen LogP contribution is -2.46. The van der Waals surface area contributed by atoms with Crippen molar-refractivity contribution in [3.05, 3.63) is 0 Å². The van der Waals surface area contributed by atoms with Crippen LogP contribution in [-0.4, -0.2) is 18.0 Å². The fourth-order valence-electron chi connectivity index (χ4n) is 3.33. The molecule has 0 bridgehead atoms. The average molecular weight is 299 g/mol. The number of carbonyl (C=O) groups is 1. The second-order valence-electron chi connectivity index (χ2n) is 9.35. The highest BCUT2D eigenvalue weighted by molar-refractivity contribution is 5.76. The first-order valence-corrected chi connectivity index (χ1v) is 8.28. The number of nitrogens with one attached hydrogen (secondary N) is 1. The van der Waals surface area contributed by atoms with E-state index < -0.39 is 0 Å². The van der Waals surface area contributed by atoms with Crippen LogP contribution in [0.25, 0.3) is 0 Å². The molecule has 0 heterocycles. The molecule has 0 radical (unpaired) electrons. The molecule has 0 aromatic heterocycles. The highest BCUT2D eigenvalue weighted by Gasteiger charge is 2.28. The summed E-state index contributed by atoms with van der Waals surface area (Å²) in [5.74, 6) is 0.662. The van der Waals surface area contributed by atoms with Crippen LogP contribution < -0.4 is 11.1 Å². The molecule has 0 aliphatic heterocycles. The van der Waals surface area contributed by atoms with Crippen molar-refractivity contribution >= 4 is 5.91 Å². The largest absolute Gasteiger partial charge is 0.351 e. The number of hydrogen-bond acceptors (Lipinski definition) is 2. The van der Waals surface area contributed by atoms with Gasteiger partial charge in [0.25, 0.3) is 0 Å². The topological polar surface area (TPSA) is 55.1 Å². The van der Waals surface area contributed by atoms with Crippen molar-refractivity contribution in [1.29, 1.82) is 0 Å². The Bertz CT molecular complexity index is 321. The van der Waals surface area contributed by atoms with Crippen LogP contribution in [0, 0.1) is 16.7 Å². The van der Waals surface area contributed by atoms with Crippen LogP contribution in [0.5, 0.6) is 0 Å². The van der Waals surface area contributed by atoms with E-state index in [4.69, 9.17) is 5.73 Å². The van der Waals surface area contributed by atoms with Crippen LogP contribution in [0.4, 0.5) is 0 Å². The molecule has 0 aliphatic carbocycles. The molecule has 3 nitrogen and oxygen atoms in total. The molecule has 0 saturated carbocycles. The summed E-state index contributed by atoms with van der Waals surface area (Å²) >= 11 is 0. The molecule has 0 aliphatic rings. The Morgan fingerprint density at radius 2 is 1.52 bits per heavy atom. The lowest BCUT2D eigenvalue weighted by Gasteiger charge is -2.34. The summed E-state index contributed by atoms with van der Waals surface area (Å²) in [6.45, 7) is 18.2. The zero-order chi connectivity index (χ0) is 16.9. The van der Waals surface area contributed by atoms with Gasteiger partial charge in [-0.2, -0.15) is 0 Å². The molecule has 126 valence electrons. The van der Waals surface area contributed by atoms with Crippen molar-refractivity contribution < 1.29 is 4.79 Å². The molecule has 0 rings (SSSR count). The maximum Gasteiger partial charge on any atom is 0.220 e. The molecule has 0 saturated heterocycles. The molecule has 0 spiro atoms. The van der Waals surface area contributed by atoms with E-state index in [-0.39, 0.29) is 22.3 Å². The van der Waals surface area contributed by atoms with Crippen LogP contribution in [0.15, 0.2) is 0 Å². The third-order valence-corrected chi connectivity index (χ3v) is 3.91. The van der Waals surface area contributed by atoms with E-state index in [0.29, 0.717) is 18.9 Å². The second kappa shape index (κ2) is 7.62. The van der Waals surface area contributed by atoms with Gasteiger partial charge in [-0.3, -0.25) is 4.79 Å². The maximum absolute atomic E-state index is 12.2. The Balaban J connectivity index is 4.43. The van der Waals surface area contributed by atoms with E-state index in [1.54, 1.807) is 0 Å². The minimum absolute atomic E-state index is 0.152.